The van der Waals surface area contributed by atoms with Crippen LogP contribution in [0, 0.1) is 5.92 Å². The van der Waals surface area contributed by atoms with E-state index in [1.807, 2.05) is 0 Å². The molecule has 88 valence electrons. The lowest BCUT2D eigenvalue weighted by atomic mass is 9.97. The minimum atomic E-state index is 0.910. The molecule has 1 rings (SSSR count). The summed E-state index contributed by atoms with van der Waals surface area (Å²) in [6, 6.07) is 0. The first-order valence-corrected chi connectivity index (χ1v) is 6.28. The maximum absolute atomic E-state index is 3.45. The minimum absolute atomic E-state index is 0.910. The smallest absolute Gasteiger partial charge is 0.0165 e. The first-order valence-electron chi connectivity index (χ1n) is 6.28. The van der Waals surface area contributed by atoms with Crippen LogP contribution in [0.15, 0.2) is 11.6 Å². The van der Waals surface area contributed by atoms with Crippen molar-refractivity contribution in [2.24, 2.45) is 5.92 Å². The van der Waals surface area contributed by atoms with Crippen molar-refractivity contribution in [2.45, 2.75) is 33.6 Å². The third-order valence-electron chi connectivity index (χ3n) is 3.15. The highest BCUT2D eigenvalue weighted by Gasteiger charge is 2.17. The molecule has 0 radical (unpaired) electrons. The van der Waals surface area contributed by atoms with E-state index in [9.17, 15) is 0 Å². The summed E-state index contributed by atoms with van der Waals surface area (Å²) in [6.07, 6.45) is 5.07. The largest absolute Gasteiger partial charge is 0.317 e. The normalized spacial score (nSPS) is 19.1. The highest BCUT2D eigenvalue weighted by atomic mass is 15.1. The molecule has 0 aromatic rings. The lowest BCUT2D eigenvalue weighted by Gasteiger charge is -2.31. The Balaban J connectivity index is 2.15. The van der Waals surface area contributed by atoms with Crippen molar-refractivity contribution in [2.75, 3.05) is 32.7 Å². The van der Waals surface area contributed by atoms with Gasteiger partial charge in [-0.3, -0.25) is 4.90 Å². The Hall–Kier alpha value is -0.340. The van der Waals surface area contributed by atoms with Crippen LogP contribution >= 0.6 is 0 Å². The second kappa shape index (κ2) is 7.02. The molecule has 0 amide bonds. The summed E-state index contributed by atoms with van der Waals surface area (Å²) in [6.45, 7) is 12.6. The molecule has 1 fully saturated rings. The number of hydrogen-bond acceptors (Lipinski definition) is 2. The number of nitrogens with zero attached hydrogens (tertiary/aromatic N) is 1. The molecular formula is C13H26N2. The molecular weight excluding hydrogens is 184 g/mol. The van der Waals surface area contributed by atoms with E-state index in [1.165, 1.54) is 38.0 Å². The Morgan fingerprint density at radius 1 is 1.33 bits per heavy atom. The van der Waals surface area contributed by atoms with Gasteiger partial charge in [0.2, 0.25) is 0 Å². The summed E-state index contributed by atoms with van der Waals surface area (Å²) in [4.78, 5) is 2.56. The third kappa shape index (κ3) is 5.33. The van der Waals surface area contributed by atoms with Gasteiger partial charge in [0.25, 0.3) is 0 Å². The molecule has 0 aromatic carbocycles. The van der Waals surface area contributed by atoms with Gasteiger partial charge in [0.1, 0.15) is 0 Å². The van der Waals surface area contributed by atoms with Crippen molar-refractivity contribution in [3.63, 3.8) is 0 Å². The van der Waals surface area contributed by atoms with Gasteiger partial charge < -0.3 is 5.32 Å². The highest BCUT2D eigenvalue weighted by molar-refractivity contribution is 4.95. The monoisotopic (exact) mass is 210 g/mol. The number of hydrogen-bond donors (Lipinski definition) is 1. The molecule has 15 heavy (non-hydrogen) atoms. The molecule has 2 heteroatoms. The maximum atomic E-state index is 3.45. The average Bonchev–Trinajstić information content (AvgIpc) is 2.25. The molecule has 0 aliphatic carbocycles. The minimum Gasteiger partial charge on any atom is -0.317 e. The van der Waals surface area contributed by atoms with Gasteiger partial charge in [-0.1, -0.05) is 18.6 Å². The van der Waals surface area contributed by atoms with E-state index in [-0.39, 0.29) is 0 Å². The molecule has 0 aromatic heterocycles. The Morgan fingerprint density at radius 3 is 2.53 bits per heavy atom. The van der Waals surface area contributed by atoms with Crippen LogP contribution in [-0.4, -0.2) is 37.6 Å². The quantitative estimate of drug-likeness (QED) is 0.700. The average molecular weight is 210 g/mol. The van der Waals surface area contributed by atoms with E-state index in [1.54, 1.807) is 0 Å². The van der Waals surface area contributed by atoms with E-state index in [4.69, 9.17) is 0 Å². The molecule has 0 spiro atoms. The van der Waals surface area contributed by atoms with Crippen molar-refractivity contribution in [1.29, 1.82) is 0 Å². The fourth-order valence-corrected chi connectivity index (χ4v) is 2.03. The van der Waals surface area contributed by atoms with Crippen molar-refractivity contribution in [3.8, 4) is 0 Å². The zero-order valence-corrected chi connectivity index (χ0v) is 10.6. The van der Waals surface area contributed by atoms with Gasteiger partial charge in [0, 0.05) is 6.54 Å². The summed E-state index contributed by atoms with van der Waals surface area (Å²) >= 11 is 0. The lowest BCUT2D eigenvalue weighted by Crippen LogP contribution is -2.37. The van der Waals surface area contributed by atoms with Crippen molar-refractivity contribution in [1.82, 2.24) is 10.2 Å². The third-order valence-corrected chi connectivity index (χ3v) is 3.15. The van der Waals surface area contributed by atoms with Crippen LogP contribution in [0.4, 0.5) is 0 Å². The van der Waals surface area contributed by atoms with Crippen LogP contribution in [0.5, 0.6) is 0 Å². The molecule has 0 unspecified atom stereocenters. The van der Waals surface area contributed by atoms with E-state index < -0.39 is 0 Å². The fourth-order valence-electron chi connectivity index (χ4n) is 2.03. The molecule has 0 saturated carbocycles. The number of likely N-dealkylation sites (tertiary alicyclic amines) is 1. The standard InChI is InChI=1S/C13H26N2/c1-4-14-11-13-6-9-15(10-7-13)8-5-12(2)3/h5,13-14H,4,6-11H2,1-3H3. The Morgan fingerprint density at radius 2 is 2.00 bits per heavy atom. The van der Waals surface area contributed by atoms with Crippen LogP contribution < -0.4 is 5.32 Å². The predicted molar refractivity (Wildman–Crippen MR) is 67.1 cm³/mol. The van der Waals surface area contributed by atoms with Crippen LogP contribution in [0.3, 0.4) is 0 Å². The molecule has 1 saturated heterocycles. The molecule has 2 nitrogen and oxygen atoms in total. The molecule has 1 heterocycles. The van der Waals surface area contributed by atoms with Gasteiger partial charge in [-0.05, 0) is 58.8 Å². The van der Waals surface area contributed by atoms with Gasteiger partial charge in [0.15, 0.2) is 0 Å². The SMILES string of the molecule is CCNCC1CCN(CC=C(C)C)CC1. The number of nitrogens with one attached hydrogen (secondary N) is 1. The molecule has 1 aliphatic heterocycles. The molecule has 0 atom stereocenters. The van der Waals surface area contributed by atoms with Gasteiger partial charge in [-0.15, -0.1) is 0 Å². The maximum Gasteiger partial charge on any atom is 0.0165 e. The number of allylic oxidation sites excluding steroid dienone is 1. The highest BCUT2D eigenvalue weighted by Crippen LogP contribution is 2.16. The fraction of sp³-hybridized carbons (Fsp3) is 0.846. The molecule has 1 aliphatic rings. The van der Waals surface area contributed by atoms with E-state index >= 15 is 0 Å². The first kappa shape index (κ1) is 12.7. The second-order valence-corrected chi connectivity index (χ2v) is 4.83. The topological polar surface area (TPSA) is 15.3 Å². The van der Waals surface area contributed by atoms with Crippen LogP contribution in [-0.2, 0) is 0 Å². The Bertz CT molecular complexity index is 187. The van der Waals surface area contributed by atoms with Gasteiger partial charge in [-0.2, -0.15) is 0 Å². The molecule has 0 bridgehead atoms. The van der Waals surface area contributed by atoms with Crippen LogP contribution in [0.25, 0.3) is 0 Å². The predicted octanol–water partition coefficient (Wildman–Crippen LogP) is 2.27. The lowest BCUT2D eigenvalue weighted by molar-refractivity contribution is 0.198. The van der Waals surface area contributed by atoms with Crippen molar-refractivity contribution >= 4 is 0 Å². The summed E-state index contributed by atoms with van der Waals surface area (Å²) < 4.78 is 0. The van der Waals surface area contributed by atoms with E-state index in [2.05, 4.69) is 37.1 Å². The second-order valence-electron chi connectivity index (χ2n) is 4.83. The summed E-state index contributed by atoms with van der Waals surface area (Å²) in [5.41, 5.74) is 1.43. The van der Waals surface area contributed by atoms with Gasteiger partial charge >= 0.3 is 0 Å². The van der Waals surface area contributed by atoms with E-state index in [0.29, 0.717) is 0 Å². The van der Waals surface area contributed by atoms with E-state index in [0.717, 1.165) is 19.0 Å². The first-order chi connectivity index (χ1) is 7.22. The summed E-state index contributed by atoms with van der Waals surface area (Å²) in [5, 5.41) is 3.45. The zero-order valence-electron chi connectivity index (χ0n) is 10.6. The zero-order chi connectivity index (χ0) is 11.1. The Labute approximate surface area is 94.7 Å². The number of piperidine rings is 1. The van der Waals surface area contributed by atoms with Crippen molar-refractivity contribution in [3.05, 3.63) is 11.6 Å². The van der Waals surface area contributed by atoms with Crippen LogP contribution in [0.1, 0.15) is 33.6 Å². The summed E-state index contributed by atoms with van der Waals surface area (Å²) in [7, 11) is 0. The van der Waals surface area contributed by atoms with Gasteiger partial charge in [-0.25, -0.2) is 0 Å². The number of rotatable bonds is 5. The Kier molecular flexibility index (Phi) is 5.96. The van der Waals surface area contributed by atoms with Crippen LogP contribution in [0.2, 0.25) is 0 Å². The van der Waals surface area contributed by atoms with Gasteiger partial charge in [0.05, 0.1) is 0 Å². The summed E-state index contributed by atoms with van der Waals surface area (Å²) in [5.74, 6) is 0.910. The van der Waals surface area contributed by atoms with Crippen molar-refractivity contribution < 1.29 is 0 Å². The molecule has 1 N–H and O–H groups in total.